The van der Waals surface area contributed by atoms with Crippen molar-refractivity contribution in [3.63, 3.8) is 0 Å². The Hall–Kier alpha value is -1.29. The molecule has 0 aliphatic heterocycles. The molecule has 4 nitrogen and oxygen atoms in total. The number of carbonyl (C=O) groups is 1. The second-order valence-corrected chi connectivity index (χ2v) is 6.12. The van der Waals surface area contributed by atoms with Gasteiger partial charge in [-0.1, -0.05) is 41.5 Å². The van der Waals surface area contributed by atoms with Crippen LogP contribution in [-0.4, -0.2) is 42.0 Å². The van der Waals surface area contributed by atoms with Crippen LogP contribution in [0.15, 0.2) is 6.20 Å². The van der Waals surface area contributed by atoms with E-state index < -0.39 is 0 Å². The molecule has 1 amide bonds. The van der Waals surface area contributed by atoms with E-state index >= 15 is 0 Å². The van der Waals surface area contributed by atoms with Crippen LogP contribution in [0.3, 0.4) is 0 Å². The minimum absolute atomic E-state index is 0.0517. The molecule has 0 bridgehead atoms. The lowest BCUT2D eigenvalue weighted by Crippen LogP contribution is -2.35. The van der Waals surface area contributed by atoms with Gasteiger partial charge >= 0.3 is 0 Å². The van der Waals surface area contributed by atoms with Crippen molar-refractivity contribution in [1.29, 1.82) is 0 Å². The summed E-state index contributed by atoms with van der Waals surface area (Å²) in [5.41, 5.74) is 3.00. The van der Waals surface area contributed by atoms with Crippen molar-refractivity contribution in [3.05, 3.63) is 23.0 Å². The van der Waals surface area contributed by atoms with E-state index in [1.54, 1.807) is 0 Å². The molecule has 0 saturated carbocycles. The van der Waals surface area contributed by atoms with Gasteiger partial charge in [-0.15, -0.1) is 0 Å². The Morgan fingerprint density at radius 2 is 1.81 bits per heavy atom. The van der Waals surface area contributed by atoms with Crippen molar-refractivity contribution in [3.8, 4) is 0 Å². The molecule has 0 aliphatic rings. The smallest absolute Gasteiger partial charge is 0.253 e. The van der Waals surface area contributed by atoms with Crippen LogP contribution in [0.4, 0.5) is 0 Å². The Kier molecular flexibility index (Phi) is 6.96. The van der Waals surface area contributed by atoms with Gasteiger partial charge in [0.25, 0.3) is 5.91 Å². The predicted octanol–water partition coefficient (Wildman–Crippen LogP) is 3.33. The summed E-state index contributed by atoms with van der Waals surface area (Å²) in [6, 6.07) is 0. The van der Waals surface area contributed by atoms with Gasteiger partial charge in [-0.25, -0.2) is 0 Å². The number of aromatic amines is 1. The maximum absolute atomic E-state index is 12.6. The molecule has 0 spiro atoms. The molecule has 0 aromatic carbocycles. The topological polar surface area (TPSA) is 48.1 Å². The fourth-order valence-electron chi connectivity index (χ4n) is 2.58. The fourth-order valence-corrected chi connectivity index (χ4v) is 2.58. The van der Waals surface area contributed by atoms with E-state index in [4.69, 9.17) is 0 Å². The van der Waals surface area contributed by atoms with Gasteiger partial charge in [-0.05, 0) is 30.5 Å². The Morgan fingerprint density at radius 1 is 1.19 bits per heavy atom. The SMILES string of the molecule is CCN(CC)CCNC(=O)c1c(C(C)C)c[nH]c1C(C)C. The fraction of sp³-hybridized carbons (Fsp3) is 0.706. The second kappa shape index (κ2) is 8.23. The van der Waals surface area contributed by atoms with E-state index in [0.29, 0.717) is 18.4 Å². The Bertz CT molecular complexity index is 419. The van der Waals surface area contributed by atoms with Crippen LogP contribution >= 0.6 is 0 Å². The molecule has 0 fully saturated rings. The lowest BCUT2D eigenvalue weighted by molar-refractivity contribution is 0.0946. The maximum atomic E-state index is 12.6. The van der Waals surface area contributed by atoms with Crippen molar-refractivity contribution < 1.29 is 4.79 Å². The molecule has 120 valence electrons. The minimum atomic E-state index is 0.0517. The number of hydrogen-bond donors (Lipinski definition) is 2. The Balaban J connectivity index is 2.79. The number of rotatable bonds is 8. The summed E-state index contributed by atoms with van der Waals surface area (Å²) < 4.78 is 0. The van der Waals surface area contributed by atoms with Crippen molar-refractivity contribution >= 4 is 5.91 Å². The summed E-state index contributed by atoms with van der Waals surface area (Å²) >= 11 is 0. The molecular formula is C17H31N3O. The van der Waals surface area contributed by atoms with Crippen LogP contribution in [0.25, 0.3) is 0 Å². The van der Waals surface area contributed by atoms with Gasteiger partial charge in [0.05, 0.1) is 5.56 Å². The predicted molar refractivity (Wildman–Crippen MR) is 89.1 cm³/mol. The van der Waals surface area contributed by atoms with Gasteiger partial charge in [0.15, 0.2) is 0 Å². The average Bonchev–Trinajstić information content (AvgIpc) is 2.88. The second-order valence-electron chi connectivity index (χ2n) is 6.12. The number of amides is 1. The molecule has 0 radical (unpaired) electrons. The van der Waals surface area contributed by atoms with Crippen LogP contribution in [0.5, 0.6) is 0 Å². The van der Waals surface area contributed by atoms with E-state index in [2.05, 4.69) is 56.7 Å². The zero-order chi connectivity index (χ0) is 16.0. The number of likely N-dealkylation sites (N-methyl/N-ethyl adjacent to an activating group) is 1. The van der Waals surface area contributed by atoms with Crippen LogP contribution in [0.1, 0.15) is 75.0 Å². The number of nitrogens with one attached hydrogen (secondary N) is 2. The van der Waals surface area contributed by atoms with E-state index in [9.17, 15) is 4.79 Å². The first-order valence-corrected chi connectivity index (χ1v) is 8.13. The molecule has 1 aromatic rings. The molecular weight excluding hydrogens is 262 g/mol. The third-order valence-corrected chi connectivity index (χ3v) is 3.98. The quantitative estimate of drug-likeness (QED) is 0.772. The minimum Gasteiger partial charge on any atom is -0.364 e. The highest BCUT2D eigenvalue weighted by molar-refractivity contribution is 5.97. The zero-order valence-corrected chi connectivity index (χ0v) is 14.4. The molecule has 1 heterocycles. The number of nitrogens with zero attached hydrogens (tertiary/aromatic N) is 1. The van der Waals surface area contributed by atoms with Crippen LogP contribution in [0.2, 0.25) is 0 Å². The maximum Gasteiger partial charge on any atom is 0.253 e. The molecule has 1 rings (SSSR count). The molecule has 4 heteroatoms. The monoisotopic (exact) mass is 293 g/mol. The molecule has 1 aromatic heterocycles. The van der Waals surface area contributed by atoms with Crippen molar-refractivity contribution in [1.82, 2.24) is 15.2 Å². The van der Waals surface area contributed by atoms with E-state index in [1.807, 2.05) is 6.20 Å². The third-order valence-electron chi connectivity index (χ3n) is 3.98. The van der Waals surface area contributed by atoms with Crippen LogP contribution in [-0.2, 0) is 0 Å². The summed E-state index contributed by atoms with van der Waals surface area (Å²) in [7, 11) is 0. The summed E-state index contributed by atoms with van der Waals surface area (Å²) in [6.07, 6.45) is 1.99. The van der Waals surface area contributed by atoms with Gasteiger partial charge in [-0.3, -0.25) is 4.79 Å². The van der Waals surface area contributed by atoms with Crippen molar-refractivity contribution in [2.45, 2.75) is 53.4 Å². The van der Waals surface area contributed by atoms with Crippen LogP contribution in [0, 0.1) is 0 Å². The molecule has 0 unspecified atom stereocenters. The Labute approximate surface area is 129 Å². The summed E-state index contributed by atoms with van der Waals surface area (Å²) in [4.78, 5) is 18.2. The number of aromatic nitrogens is 1. The highest BCUT2D eigenvalue weighted by Crippen LogP contribution is 2.27. The highest BCUT2D eigenvalue weighted by atomic mass is 16.1. The first kappa shape index (κ1) is 17.8. The molecule has 2 N–H and O–H groups in total. The first-order chi connectivity index (χ1) is 9.92. The third kappa shape index (κ3) is 4.60. The van der Waals surface area contributed by atoms with Crippen molar-refractivity contribution in [2.24, 2.45) is 0 Å². The average molecular weight is 293 g/mol. The standard InChI is InChI=1S/C17H31N3O/c1-7-20(8-2)10-9-18-17(21)15-14(12(3)4)11-19-16(15)13(5)6/h11-13,19H,7-10H2,1-6H3,(H,18,21). The molecule has 0 saturated heterocycles. The van der Waals surface area contributed by atoms with Gasteiger partial charge in [0.2, 0.25) is 0 Å². The number of H-pyrrole nitrogens is 1. The summed E-state index contributed by atoms with van der Waals surface area (Å²) in [5.74, 6) is 0.717. The van der Waals surface area contributed by atoms with E-state index in [1.165, 1.54) is 0 Å². The number of carbonyl (C=O) groups excluding carboxylic acids is 1. The largest absolute Gasteiger partial charge is 0.364 e. The van der Waals surface area contributed by atoms with Gasteiger partial charge in [0.1, 0.15) is 0 Å². The van der Waals surface area contributed by atoms with Gasteiger partial charge in [-0.2, -0.15) is 0 Å². The Morgan fingerprint density at radius 3 is 2.29 bits per heavy atom. The van der Waals surface area contributed by atoms with E-state index in [-0.39, 0.29) is 5.91 Å². The molecule has 0 aliphatic carbocycles. The molecule has 21 heavy (non-hydrogen) atoms. The lowest BCUT2D eigenvalue weighted by Gasteiger charge is -2.18. The first-order valence-electron chi connectivity index (χ1n) is 8.13. The summed E-state index contributed by atoms with van der Waals surface area (Å²) in [5, 5.41) is 3.07. The highest BCUT2D eigenvalue weighted by Gasteiger charge is 2.21. The zero-order valence-electron chi connectivity index (χ0n) is 14.4. The van der Waals surface area contributed by atoms with Gasteiger partial charge < -0.3 is 15.2 Å². The van der Waals surface area contributed by atoms with Crippen molar-refractivity contribution in [2.75, 3.05) is 26.2 Å². The number of hydrogen-bond acceptors (Lipinski definition) is 2. The summed E-state index contributed by atoms with van der Waals surface area (Å²) in [6.45, 7) is 16.4. The van der Waals surface area contributed by atoms with Crippen LogP contribution < -0.4 is 5.32 Å². The van der Waals surface area contributed by atoms with Gasteiger partial charge in [0, 0.05) is 25.0 Å². The van der Waals surface area contributed by atoms with E-state index in [0.717, 1.165) is 36.5 Å². The normalized spacial score (nSPS) is 11.7. The lowest BCUT2D eigenvalue weighted by atomic mass is 9.96. The molecule has 0 atom stereocenters.